The maximum atomic E-state index is 13.2. The fourth-order valence-corrected chi connectivity index (χ4v) is 4.70. The molecular weight excluding hydrogens is 444 g/mol. The Hall–Kier alpha value is -4.31. The topological polar surface area (TPSA) is 54.1 Å². The molecule has 4 aromatic carbocycles. The van der Waals surface area contributed by atoms with Crippen molar-refractivity contribution < 1.29 is 9.53 Å². The fraction of sp³-hybridized carbons (Fsp3) is 0.156. The van der Waals surface area contributed by atoms with Crippen LogP contribution in [0.2, 0.25) is 0 Å². The highest BCUT2D eigenvalue weighted by Crippen LogP contribution is 2.36. The normalized spacial score (nSPS) is 11.8. The number of aryl methyl sites for hydroxylation is 1. The molecule has 5 rings (SSSR count). The largest absolute Gasteiger partial charge is 0.457 e. The number of fused-ring (bicyclic) bond motifs is 1. The Kier molecular flexibility index (Phi) is 7.13. The van der Waals surface area contributed by atoms with E-state index in [0.717, 1.165) is 45.5 Å². The van der Waals surface area contributed by atoms with Gasteiger partial charge in [-0.3, -0.25) is 4.79 Å². The molecule has 0 spiro atoms. The number of carbonyl (C=O) groups excluding carboxylic acids is 1. The van der Waals surface area contributed by atoms with Crippen molar-refractivity contribution in [2.24, 2.45) is 0 Å². The Morgan fingerprint density at radius 1 is 0.861 bits per heavy atom. The van der Waals surface area contributed by atoms with E-state index in [-0.39, 0.29) is 11.8 Å². The smallest absolute Gasteiger partial charge is 0.221 e. The van der Waals surface area contributed by atoms with Crippen molar-refractivity contribution in [3.8, 4) is 11.5 Å². The Morgan fingerprint density at radius 2 is 1.58 bits per heavy atom. The number of carbonyl (C=O) groups is 1. The van der Waals surface area contributed by atoms with E-state index in [2.05, 4.69) is 47.7 Å². The molecule has 180 valence electrons. The number of hydrogen-bond donors (Lipinski definition) is 2. The molecule has 0 radical (unpaired) electrons. The third-order valence-corrected chi connectivity index (χ3v) is 6.55. The zero-order valence-electron chi connectivity index (χ0n) is 20.4. The van der Waals surface area contributed by atoms with Gasteiger partial charge in [0.25, 0.3) is 0 Å². The van der Waals surface area contributed by atoms with Gasteiger partial charge in [0.05, 0.1) is 0 Å². The summed E-state index contributed by atoms with van der Waals surface area (Å²) in [4.78, 5) is 16.7. The van der Waals surface area contributed by atoms with Crippen molar-refractivity contribution in [1.82, 2.24) is 10.3 Å². The van der Waals surface area contributed by atoms with Crippen molar-refractivity contribution in [3.63, 3.8) is 0 Å². The number of aromatic amines is 1. The Bertz CT molecular complexity index is 1440. The lowest BCUT2D eigenvalue weighted by Gasteiger charge is -2.18. The number of ether oxygens (including phenoxy) is 1. The minimum atomic E-state index is -0.124. The molecule has 1 amide bonds. The van der Waals surface area contributed by atoms with Crippen LogP contribution in [0.25, 0.3) is 10.9 Å². The molecule has 0 bridgehead atoms. The highest BCUT2D eigenvalue weighted by molar-refractivity contribution is 5.88. The first-order valence-corrected chi connectivity index (χ1v) is 12.4. The lowest BCUT2D eigenvalue weighted by molar-refractivity contribution is -0.121. The average molecular weight is 475 g/mol. The molecule has 0 aliphatic heterocycles. The number of para-hydroxylation sites is 2. The zero-order valence-corrected chi connectivity index (χ0v) is 20.4. The second kappa shape index (κ2) is 11.0. The molecule has 4 heteroatoms. The molecular formula is C32H30N2O2. The summed E-state index contributed by atoms with van der Waals surface area (Å²) in [5.41, 5.74) is 5.65. The number of amides is 1. The highest BCUT2D eigenvalue weighted by Gasteiger charge is 2.22. The number of nitrogens with one attached hydrogen (secondary N) is 2. The first-order chi connectivity index (χ1) is 17.7. The van der Waals surface area contributed by atoms with Gasteiger partial charge in [-0.25, -0.2) is 0 Å². The summed E-state index contributed by atoms with van der Waals surface area (Å²) in [5.74, 6) is 1.43. The predicted octanol–water partition coefficient (Wildman–Crippen LogP) is 7.36. The number of benzene rings is 4. The summed E-state index contributed by atoms with van der Waals surface area (Å²) < 4.78 is 6.11. The van der Waals surface area contributed by atoms with Crippen LogP contribution in [0.1, 0.15) is 41.5 Å². The second-order valence-electron chi connectivity index (χ2n) is 8.94. The molecule has 1 unspecified atom stereocenters. The molecule has 1 heterocycles. The van der Waals surface area contributed by atoms with Gasteiger partial charge >= 0.3 is 0 Å². The number of H-pyrrole nitrogens is 1. The van der Waals surface area contributed by atoms with Crippen molar-refractivity contribution in [2.45, 2.75) is 32.2 Å². The van der Waals surface area contributed by atoms with E-state index < -0.39 is 0 Å². The summed E-state index contributed by atoms with van der Waals surface area (Å²) in [6.45, 7) is 2.67. The minimum absolute atomic E-state index is 0.0132. The molecule has 0 aliphatic carbocycles. The van der Waals surface area contributed by atoms with E-state index in [1.807, 2.05) is 78.9 Å². The lowest BCUT2D eigenvalue weighted by Crippen LogP contribution is -2.25. The van der Waals surface area contributed by atoms with Gasteiger partial charge in [0, 0.05) is 36.0 Å². The summed E-state index contributed by atoms with van der Waals surface area (Å²) in [7, 11) is 0. The monoisotopic (exact) mass is 474 g/mol. The summed E-state index contributed by atoms with van der Waals surface area (Å²) in [5, 5.41) is 4.26. The van der Waals surface area contributed by atoms with Crippen LogP contribution in [0, 0.1) is 0 Å². The third-order valence-electron chi connectivity index (χ3n) is 6.55. The molecule has 2 N–H and O–H groups in total. The van der Waals surface area contributed by atoms with Crippen LogP contribution in [0.4, 0.5) is 0 Å². The molecule has 0 aliphatic rings. The second-order valence-corrected chi connectivity index (χ2v) is 8.94. The van der Waals surface area contributed by atoms with Gasteiger partial charge in [0.15, 0.2) is 0 Å². The standard InChI is InChI=1S/C32H30N2O2/c1-2-24-13-10-18-28-30(22-34-32(24)28)29(20-31(35)33-21-23-11-5-3-6-12-23)25-14-9-17-27(19-25)36-26-15-7-4-8-16-26/h3-19,22,29,34H,2,20-21H2,1H3,(H,33,35). The molecule has 0 saturated carbocycles. The molecule has 1 aromatic heterocycles. The Balaban J connectivity index is 1.47. The summed E-state index contributed by atoms with van der Waals surface area (Å²) in [6.07, 6.45) is 3.34. The van der Waals surface area contributed by atoms with Gasteiger partial charge in [-0.1, -0.05) is 85.8 Å². The van der Waals surface area contributed by atoms with E-state index in [1.54, 1.807) is 0 Å². The van der Waals surface area contributed by atoms with Crippen molar-refractivity contribution in [2.75, 3.05) is 0 Å². The van der Waals surface area contributed by atoms with E-state index in [1.165, 1.54) is 5.56 Å². The third kappa shape index (κ3) is 5.33. The number of hydrogen-bond acceptors (Lipinski definition) is 2. The van der Waals surface area contributed by atoms with Crippen LogP contribution >= 0.6 is 0 Å². The van der Waals surface area contributed by atoms with E-state index in [4.69, 9.17) is 4.74 Å². The maximum Gasteiger partial charge on any atom is 0.221 e. The maximum absolute atomic E-state index is 13.2. The summed E-state index contributed by atoms with van der Waals surface area (Å²) in [6, 6.07) is 34.2. The van der Waals surface area contributed by atoms with Gasteiger partial charge in [-0.2, -0.15) is 0 Å². The van der Waals surface area contributed by atoms with E-state index in [0.29, 0.717) is 13.0 Å². The lowest BCUT2D eigenvalue weighted by atomic mass is 9.87. The van der Waals surface area contributed by atoms with Crippen LogP contribution in [-0.4, -0.2) is 10.9 Å². The van der Waals surface area contributed by atoms with Gasteiger partial charge in [0.1, 0.15) is 11.5 Å². The molecule has 0 fully saturated rings. The quantitative estimate of drug-likeness (QED) is 0.234. The van der Waals surface area contributed by atoms with Gasteiger partial charge in [0.2, 0.25) is 5.91 Å². The van der Waals surface area contributed by atoms with Gasteiger partial charge in [-0.15, -0.1) is 0 Å². The fourth-order valence-electron chi connectivity index (χ4n) is 4.70. The Morgan fingerprint density at radius 3 is 2.36 bits per heavy atom. The van der Waals surface area contributed by atoms with Crippen molar-refractivity contribution in [1.29, 1.82) is 0 Å². The first-order valence-electron chi connectivity index (χ1n) is 12.4. The first kappa shape index (κ1) is 23.4. The zero-order chi connectivity index (χ0) is 24.7. The highest BCUT2D eigenvalue weighted by atomic mass is 16.5. The van der Waals surface area contributed by atoms with Crippen LogP contribution in [-0.2, 0) is 17.8 Å². The van der Waals surface area contributed by atoms with Crippen LogP contribution in [0.15, 0.2) is 109 Å². The van der Waals surface area contributed by atoms with Crippen LogP contribution < -0.4 is 10.1 Å². The van der Waals surface area contributed by atoms with Crippen LogP contribution in [0.3, 0.4) is 0 Å². The van der Waals surface area contributed by atoms with Gasteiger partial charge in [-0.05, 0) is 52.9 Å². The SMILES string of the molecule is CCc1cccc2c(C(CC(=O)NCc3ccccc3)c3cccc(Oc4ccccc4)c3)c[nH]c12. The van der Waals surface area contributed by atoms with E-state index in [9.17, 15) is 4.79 Å². The number of aromatic nitrogens is 1. The average Bonchev–Trinajstić information content (AvgIpc) is 3.36. The van der Waals surface area contributed by atoms with Crippen molar-refractivity contribution >= 4 is 16.8 Å². The molecule has 1 atom stereocenters. The Labute approximate surface area is 212 Å². The minimum Gasteiger partial charge on any atom is -0.457 e. The van der Waals surface area contributed by atoms with Crippen LogP contribution in [0.5, 0.6) is 11.5 Å². The predicted molar refractivity (Wildman–Crippen MR) is 145 cm³/mol. The molecule has 0 saturated heterocycles. The van der Waals surface area contributed by atoms with Crippen molar-refractivity contribution in [3.05, 3.63) is 132 Å². The number of rotatable bonds is 9. The van der Waals surface area contributed by atoms with E-state index >= 15 is 0 Å². The molecule has 4 nitrogen and oxygen atoms in total. The van der Waals surface area contributed by atoms with Gasteiger partial charge < -0.3 is 15.0 Å². The molecule has 5 aromatic rings. The summed E-state index contributed by atoms with van der Waals surface area (Å²) >= 11 is 0. The molecule has 36 heavy (non-hydrogen) atoms.